The van der Waals surface area contributed by atoms with Crippen LogP contribution in [0, 0.1) is 11.3 Å². The predicted octanol–water partition coefficient (Wildman–Crippen LogP) is 6.79. The second-order valence-corrected chi connectivity index (χ2v) is 8.03. The van der Waals surface area contributed by atoms with Crippen molar-refractivity contribution in [3.63, 3.8) is 0 Å². The number of rotatable bonds is 7. The van der Waals surface area contributed by atoms with E-state index in [2.05, 4.69) is 21.2 Å². The quantitative estimate of drug-likeness (QED) is 0.290. The molecule has 156 valence electrons. The molecular weight excluding hydrogens is 476 g/mol. The Balaban J connectivity index is 1.72. The molecule has 3 aromatic carbocycles. The number of nitrogens with zero attached hydrogens (tertiary/aromatic N) is 1. The van der Waals surface area contributed by atoms with E-state index in [-0.39, 0.29) is 5.57 Å². The molecule has 3 rings (SSSR count). The first-order valence-electron chi connectivity index (χ1n) is 9.68. The predicted molar refractivity (Wildman–Crippen MR) is 128 cm³/mol. The molecule has 1 amide bonds. The summed E-state index contributed by atoms with van der Waals surface area (Å²) in [4.78, 5) is 12.6. The summed E-state index contributed by atoms with van der Waals surface area (Å²) in [7, 11) is 0. The lowest BCUT2D eigenvalue weighted by molar-refractivity contribution is -0.112. The first kappa shape index (κ1) is 22.6. The molecule has 0 unspecified atom stereocenters. The van der Waals surface area contributed by atoms with Gasteiger partial charge in [0.2, 0.25) is 0 Å². The van der Waals surface area contributed by atoms with Crippen molar-refractivity contribution in [2.24, 2.45) is 0 Å². The number of hydrogen-bond donors (Lipinski definition) is 1. The Bertz CT molecular complexity index is 1150. The summed E-state index contributed by atoms with van der Waals surface area (Å²) in [5.41, 5.74) is 3.45. The number of carbonyl (C=O) groups excluding carboxylic acids is 1. The Morgan fingerprint density at radius 3 is 2.58 bits per heavy atom. The molecule has 0 aromatic heterocycles. The number of nitrogens with one attached hydrogen (secondary N) is 1. The van der Waals surface area contributed by atoms with Crippen molar-refractivity contribution in [2.75, 3.05) is 5.32 Å². The van der Waals surface area contributed by atoms with E-state index < -0.39 is 5.91 Å². The van der Waals surface area contributed by atoms with Crippen molar-refractivity contribution >= 4 is 45.2 Å². The lowest BCUT2D eigenvalue weighted by Crippen LogP contribution is -2.14. The zero-order valence-electron chi connectivity index (χ0n) is 16.9. The number of benzene rings is 3. The van der Waals surface area contributed by atoms with Crippen LogP contribution in [0.5, 0.6) is 5.75 Å². The van der Waals surface area contributed by atoms with Gasteiger partial charge in [-0.3, -0.25) is 4.79 Å². The monoisotopic (exact) mass is 494 g/mol. The summed E-state index contributed by atoms with van der Waals surface area (Å²) in [5, 5.41) is 13.0. The van der Waals surface area contributed by atoms with Crippen LogP contribution < -0.4 is 10.1 Å². The van der Waals surface area contributed by atoms with Crippen LogP contribution in [0.25, 0.3) is 6.08 Å². The fraction of sp³-hybridized carbons (Fsp3) is 0.120. The van der Waals surface area contributed by atoms with E-state index in [0.717, 1.165) is 22.0 Å². The number of aryl methyl sites for hydroxylation is 1. The SMILES string of the molecule is CCc1ccccc1NC(=O)/C(C#N)=C/c1ccc(OCc2ccc(Cl)cc2)c(Br)c1. The smallest absolute Gasteiger partial charge is 0.266 e. The van der Waals surface area contributed by atoms with Crippen molar-refractivity contribution in [2.45, 2.75) is 20.0 Å². The highest BCUT2D eigenvalue weighted by Crippen LogP contribution is 2.28. The van der Waals surface area contributed by atoms with Crippen LogP contribution in [0.15, 0.2) is 76.8 Å². The maximum atomic E-state index is 12.6. The van der Waals surface area contributed by atoms with Gasteiger partial charge in [0, 0.05) is 10.7 Å². The number of halogens is 2. The van der Waals surface area contributed by atoms with Gasteiger partial charge in [-0.25, -0.2) is 0 Å². The maximum absolute atomic E-state index is 12.6. The van der Waals surface area contributed by atoms with Gasteiger partial charge in [-0.05, 0) is 75.4 Å². The summed E-state index contributed by atoms with van der Waals surface area (Å²) in [6.07, 6.45) is 2.34. The van der Waals surface area contributed by atoms with Gasteiger partial charge in [-0.1, -0.05) is 54.9 Å². The zero-order chi connectivity index (χ0) is 22.2. The van der Waals surface area contributed by atoms with E-state index in [1.54, 1.807) is 18.2 Å². The van der Waals surface area contributed by atoms with E-state index in [9.17, 15) is 10.1 Å². The topological polar surface area (TPSA) is 62.1 Å². The maximum Gasteiger partial charge on any atom is 0.266 e. The number of para-hydroxylation sites is 1. The van der Waals surface area contributed by atoms with E-state index in [1.165, 1.54) is 0 Å². The van der Waals surface area contributed by atoms with Gasteiger partial charge in [-0.2, -0.15) is 5.26 Å². The molecule has 0 saturated carbocycles. The summed E-state index contributed by atoms with van der Waals surface area (Å²) in [6, 6.07) is 22.4. The number of hydrogen-bond acceptors (Lipinski definition) is 3. The Morgan fingerprint density at radius 2 is 1.90 bits per heavy atom. The van der Waals surface area contributed by atoms with Gasteiger partial charge in [0.05, 0.1) is 4.47 Å². The lowest BCUT2D eigenvalue weighted by atomic mass is 10.1. The molecule has 0 radical (unpaired) electrons. The lowest BCUT2D eigenvalue weighted by Gasteiger charge is -2.10. The van der Waals surface area contributed by atoms with Gasteiger partial charge >= 0.3 is 0 Å². The summed E-state index contributed by atoms with van der Waals surface area (Å²) in [5.74, 6) is 0.217. The third-order valence-electron chi connectivity index (χ3n) is 4.59. The van der Waals surface area contributed by atoms with Gasteiger partial charge in [0.1, 0.15) is 24.0 Å². The standard InChI is InChI=1S/C25H20BrClN2O2/c1-2-19-5-3-4-6-23(19)29-25(30)20(15-28)13-18-9-12-24(22(26)14-18)31-16-17-7-10-21(27)11-8-17/h3-14H,2,16H2,1H3,(H,29,30)/b20-13+. The third kappa shape index (κ3) is 6.21. The second-order valence-electron chi connectivity index (χ2n) is 6.74. The molecular formula is C25H20BrClN2O2. The zero-order valence-corrected chi connectivity index (χ0v) is 19.2. The molecule has 0 bridgehead atoms. The van der Waals surface area contributed by atoms with Crippen LogP contribution >= 0.6 is 27.5 Å². The molecule has 3 aromatic rings. The van der Waals surface area contributed by atoms with Crippen LogP contribution in [-0.4, -0.2) is 5.91 Å². The highest BCUT2D eigenvalue weighted by Gasteiger charge is 2.12. The van der Waals surface area contributed by atoms with E-state index in [1.807, 2.05) is 67.6 Å². The Kier molecular flexibility index (Phi) is 7.88. The van der Waals surface area contributed by atoms with Crippen LogP contribution in [-0.2, 0) is 17.8 Å². The number of nitriles is 1. The van der Waals surface area contributed by atoms with Crippen molar-refractivity contribution in [3.05, 3.63) is 98.5 Å². The first-order valence-corrected chi connectivity index (χ1v) is 10.8. The van der Waals surface area contributed by atoms with Crippen molar-refractivity contribution < 1.29 is 9.53 Å². The number of ether oxygens (including phenoxy) is 1. The fourth-order valence-electron chi connectivity index (χ4n) is 2.92. The van der Waals surface area contributed by atoms with E-state index >= 15 is 0 Å². The molecule has 0 aliphatic carbocycles. The first-order chi connectivity index (χ1) is 15.0. The molecule has 31 heavy (non-hydrogen) atoms. The van der Waals surface area contributed by atoms with Gasteiger partial charge < -0.3 is 10.1 Å². The largest absolute Gasteiger partial charge is 0.488 e. The van der Waals surface area contributed by atoms with E-state index in [0.29, 0.717) is 28.6 Å². The summed E-state index contributed by atoms with van der Waals surface area (Å²) < 4.78 is 6.57. The van der Waals surface area contributed by atoms with Crippen molar-refractivity contribution in [3.8, 4) is 11.8 Å². The molecule has 0 fully saturated rings. The molecule has 4 nitrogen and oxygen atoms in total. The molecule has 0 aliphatic rings. The van der Waals surface area contributed by atoms with Crippen LogP contribution in [0.2, 0.25) is 5.02 Å². The number of anilines is 1. The Labute approximate surface area is 195 Å². The van der Waals surface area contributed by atoms with Crippen molar-refractivity contribution in [1.82, 2.24) is 0 Å². The molecule has 0 aliphatic heterocycles. The van der Waals surface area contributed by atoms with E-state index in [4.69, 9.17) is 16.3 Å². The van der Waals surface area contributed by atoms with Crippen molar-refractivity contribution in [1.29, 1.82) is 5.26 Å². The Hall–Kier alpha value is -3.07. The van der Waals surface area contributed by atoms with Gasteiger partial charge in [0.25, 0.3) is 5.91 Å². The third-order valence-corrected chi connectivity index (χ3v) is 5.46. The summed E-state index contributed by atoms with van der Waals surface area (Å²) in [6.45, 7) is 2.41. The minimum absolute atomic E-state index is 0.0210. The second kappa shape index (κ2) is 10.8. The molecule has 0 saturated heterocycles. The Morgan fingerprint density at radius 1 is 1.16 bits per heavy atom. The van der Waals surface area contributed by atoms with Gasteiger partial charge in [0.15, 0.2) is 0 Å². The number of amides is 1. The molecule has 0 atom stereocenters. The minimum atomic E-state index is -0.442. The minimum Gasteiger partial charge on any atom is -0.488 e. The molecule has 1 N–H and O–H groups in total. The average Bonchev–Trinajstić information content (AvgIpc) is 2.78. The highest BCUT2D eigenvalue weighted by molar-refractivity contribution is 9.10. The molecule has 6 heteroatoms. The number of carbonyl (C=O) groups is 1. The van der Waals surface area contributed by atoms with Crippen LogP contribution in [0.3, 0.4) is 0 Å². The molecule has 0 heterocycles. The van der Waals surface area contributed by atoms with Crippen LogP contribution in [0.1, 0.15) is 23.6 Å². The van der Waals surface area contributed by atoms with Gasteiger partial charge in [-0.15, -0.1) is 0 Å². The average molecular weight is 496 g/mol. The summed E-state index contributed by atoms with van der Waals surface area (Å²) >= 11 is 9.40. The normalized spacial score (nSPS) is 11.0. The molecule has 0 spiro atoms. The fourth-order valence-corrected chi connectivity index (χ4v) is 3.56. The van der Waals surface area contributed by atoms with Crippen LogP contribution in [0.4, 0.5) is 5.69 Å². The highest BCUT2D eigenvalue weighted by atomic mass is 79.9.